The molecule has 2 atom stereocenters. The van der Waals surface area contributed by atoms with Crippen molar-refractivity contribution in [2.24, 2.45) is 5.92 Å². The van der Waals surface area contributed by atoms with E-state index in [2.05, 4.69) is 53.6 Å². The van der Waals surface area contributed by atoms with Gasteiger partial charge in [-0.25, -0.2) is 9.48 Å². The Morgan fingerprint density at radius 1 is 0.955 bits per heavy atom. The Labute approximate surface area is 259 Å². The Morgan fingerprint density at radius 3 is 2.30 bits per heavy atom. The highest BCUT2D eigenvalue weighted by molar-refractivity contribution is 5.99. The summed E-state index contributed by atoms with van der Waals surface area (Å²) in [5, 5.41) is 14.9. The number of aromatic nitrogens is 3. The van der Waals surface area contributed by atoms with Crippen molar-refractivity contribution in [3.05, 3.63) is 88.4 Å². The van der Waals surface area contributed by atoms with E-state index < -0.39 is 0 Å². The van der Waals surface area contributed by atoms with E-state index in [4.69, 9.17) is 9.62 Å². The third-order valence-electron chi connectivity index (χ3n) is 9.02. The Balaban J connectivity index is 1.11. The van der Waals surface area contributed by atoms with Crippen molar-refractivity contribution in [3.8, 4) is 5.69 Å². The third-order valence-corrected chi connectivity index (χ3v) is 9.02. The van der Waals surface area contributed by atoms with Crippen molar-refractivity contribution >= 4 is 23.4 Å². The summed E-state index contributed by atoms with van der Waals surface area (Å²) >= 11 is 0. The van der Waals surface area contributed by atoms with Gasteiger partial charge in [0.2, 0.25) is 0 Å². The highest BCUT2D eigenvalue weighted by Crippen LogP contribution is 2.41. The number of carbonyl (C=O) groups excluding carboxylic acids is 2. The lowest BCUT2D eigenvalue weighted by molar-refractivity contribution is 0.0522. The quantitative estimate of drug-likeness (QED) is 0.243. The van der Waals surface area contributed by atoms with Gasteiger partial charge in [-0.1, -0.05) is 55.8 Å². The molecule has 0 spiro atoms. The second-order valence-corrected chi connectivity index (χ2v) is 13.5. The summed E-state index contributed by atoms with van der Waals surface area (Å²) in [6, 6.07) is 18.3. The molecule has 9 nitrogen and oxygen atoms in total. The summed E-state index contributed by atoms with van der Waals surface area (Å²) in [6.45, 7) is 12.0. The lowest BCUT2D eigenvalue weighted by atomic mass is 9.85. The molecule has 2 N–H and O–H groups in total. The molecule has 2 aliphatic heterocycles. The zero-order valence-corrected chi connectivity index (χ0v) is 26.5. The van der Waals surface area contributed by atoms with E-state index in [0.717, 1.165) is 54.7 Å². The third kappa shape index (κ3) is 6.00. The van der Waals surface area contributed by atoms with E-state index in [-0.39, 0.29) is 29.4 Å². The molecule has 2 aliphatic rings. The van der Waals surface area contributed by atoms with E-state index in [0.29, 0.717) is 28.8 Å². The summed E-state index contributed by atoms with van der Waals surface area (Å²) in [5.74, 6) is 1.74. The van der Waals surface area contributed by atoms with Gasteiger partial charge in [0.1, 0.15) is 17.1 Å². The van der Waals surface area contributed by atoms with E-state index in [1.807, 2.05) is 63.2 Å². The molecule has 2 fully saturated rings. The fraction of sp³-hybridized carbons (Fsp3) is 0.429. The number of hydrogen-bond donors (Lipinski definition) is 2. The zero-order chi connectivity index (χ0) is 31.2. The number of nitrogens with zero attached hydrogens (tertiary/aromatic N) is 4. The van der Waals surface area contributed by atoms with Crippen LogP contribution in [0.25, 0.3) is 5.69 Å². The highest BCUT2D eigenvalue weighted by Gasteiger charge is 2.44. The average Bonchev–Trinajstić information content (AvgIpc) is 3.62. The molecule has 6 rings (SSSR count). The van der Waals surface area contributed by atoms with Gasteiger partial charge >= 0.3 is 6.03 Å². The van der Waals surface area contributed by atoms with Gasteiger partial charge in [-0.2, -0.15) is 5.10 Å². The van der Waals surface area contributed by atoms with Crippen LogP contribution < -0.4 is 10.6 Å². The predicted molar refractivity (Wildman–Crippen MR) is 171 cm³/mol. The van der Waals surface area contributed by atoms with Crippen molar-refractivity contribution in [1.82, 2.24) is 19.8 Å². The number of urea groups is 1. The molecule has 0 radical (unpaired) electrons. The number of carbonyl (C=O) groups is 2. The first-order chi connectivity index (χ1) is 21.0. The summed E-state index contributed by atoms with van der Waals surface area (Å²) in [6.07, 6.45) is 4.93. The number of rotatable bonds is 6. The van der Waals surface area contributed by atoms with E-state index in [1.165, 1.54) is 5.56 Å². The number of hydrogen-bond acceptors (Lipinski definition) is 5. The van der Waals surface area contributed by atoms with Gasteiger partial charge in [0.05, 0.1) is 17.1 Å². The molecule has 2 unspecified atom stereocenters. The first-order valence-electron chi connectivity index (χ1n) is 15.6. The maximum Gasteiger partial charge on any atom is 0.324 e. The highest BCUT2D eigenvalue weighted by atomic mass is 16.5. The normalized spacial score (nSPS) is 19.7. The number of aryl methyl sites for hydroxylation is 3. The maximum atomic E-state index is 13.4. The number of benzene rings is 2. The van der Waals surface area contributed by atoms with Gasteiger partial charge in [0, 0.05) is 29.3 Å². The summed E-state index contributed by atoms with van der Waals surface area (Å²) < 4.78 is 7.06. The molecule has 3 amide bonds. The SMILES string of the molecule is Cc1ccc(-n2nc(C(C)(C)C)cc2NC(=O)Nc2cccc(CC3CC4CCC(C3)N4C(=O)c3c(C)noc3C)c2)cc1. The topological polar surface area (TPSA) is 105 Å². The molecule has 2 aromatic carbocycles. The Hall–Kier alpha value is -4.40. The van der Waals surface area contributed by atoms with Crippen LogP contribution in [0.15, 0.2) is 59.1 Å². The van der Waals surface area contributed by atoms with Crippen LogP contribution in [0.5, 0.6) is 0 Å². The molecular formula is C35H42N6O3. The number of amides is 3. The van der Waals surface area contributed by atoms with E-state index in [9.17, 15) is 9.59 Å². The van der Waals surface area contributed by atoms with Gasteiger partial charge in [-0.15, -0.1) is 0 Å². The maximum absolute atomic E-state index is 13.4. The number of piperidine rings is 1. The van der Waals surface area contributed by atoms with Crippen LogP contribution in [0.1, 0.15) is 85.1 Å². The van der Waals surface area contributed by atoms with Crippen LogP contribution >= 0.6 is 0 Å². The number of anilines is 2. The first kappa shape index (κ1) is 29.7. The second kappa shape index (κ2) is 11.6. The molecular weight excluding hydrogens is 552 g/mol. The molecule has 4 heterocycles. The summed E-state index contributed by atoms with van der Waals surface area (Å²) in [4.78, 5) is 28.7. The molecule has 9 heteroatoms. The predicted octanol–water partition coefficient (Wildman–Crippen LogP) is 7.35. The number of fused-ring (bicyclic) bond motifs is 2. The van der Waals surface area contributed by atoms with Crippen LogP contribution in [0.4, 0.5) is 16.3 Å². The molecule has 2 bridgehead atoms. The largest absolute Gasteiger partial charge is 0.361 e. The standard InChI is InChI=1S/C35H42N6O3/c1-21-10-12-27(13-11-21)41-31(20-30(38-41)35(4,5)6)37-34(43)36-26-9-7-8-24(17-26)16-25-18-28-14-15-29(19-25)40(28)33(42)32-22(2)39-44-23(32)3/h7-13,17,20,25,28-29H,14-16,18-19H2,1-6H3,(H2,36,37,43). The molecule has 4 aromatic rings. The summed E-state index contributed by atoms with van der Waals surface area (Å²) in [7, 11) is 0. The minimum atomic E-state index is -0.319. The molecule has 2 aromatic heterocycles. The fourth-order valence-electron chi connectivity index (χ4n) is 6.81. The summed E-state index contributed by atoms with van der Waals surface area (Å²) in [5.41, 5.74) is 5.97. The minimum absolute atomic E-state index is 0.0581. The van der Waals surface area contributed by atoms with Gasteiger partial charge in [0.15, 0.2) is 0 Å². The molecule has 0 aliphatic carbocycles. The molecule has 230 valence electrons. The van der Waals surface area contributed by atoms with Crippen LogP contribution in [-0.2, 0) is 11.8 Å². The smallest absolute Gasteiger partial charge is 0.324 e. The van der Waals surface area contributed by atoms with Crippen LogP contribution in [0.2, 0.25) is 0 Å². The molecule has 44 heavy (non-hydrogen) atoms. The number of nitrogens with one attached hydrogen (secondary N) is 2. The molecule has 0 saturated carbocycles. The van der Waals surface area contributed by atoms with Crippen molar-refractivity contribution in [3.63, 3.8) is 0 Å². The average molecular weight is 595 g/mol. The Kier molecular flexibility index (Phi) is 7.82. The van der Waals surface area contributed by atoms with Gasteiger partial charge in [-0.05, 0) is 88.6 Å². The van der Waals surface area contributed by atoms with Gasteiger partial charge in [0.25, 0.3) is 5.91 Å². The Morgan fingerprint density at radius 2 is 1.66 bits per heavy atom. The van der Waals surface area contributed by atoms with Crippen LogP contribution in [0, 0.1) is 26.7 Å². The van der Waals surface area contributed by atoms with E-state index in [1.54, 1.807) is 4.68 Å². The van der Waals surface area contributed by atoms with Crippen molar-refractivity contribution in [2.75, 3.05) is 10.6 Å². The van der Waals surface area contributed by atoms with E-state index >= 15 is 0 Å². The van der Waals surface area contributed by atoms with Crippen molar-refractivity contribution < 1.29 is 14.1 Å². The van der Waals surface area contributed by atoms with Crippen molar-refractivity contribution in [2.45, 2.75) is 91.1 Å². The molecule has 2 saturated heterocycles. The van der Waals surface area contributed by atoms with Crippen LogP contribution in [-0.4, -0.2) is 43.9 Å². The van der Waals surface area contributed by atoms with Crippen LogP contribution in [0.3, 0.4) is 0 Å². The van der Waals surface area contributed by atoms with Gasteiger partial charge < -0.3 is 14.7 Å². The minimum Gasteiger partial charge on any atom is -0.361 e. The lowest BCUT2D eigenvalue weighted by Crippen LogP contribution is -2.47. The lowest BCUT2D eigenvalue weighted by Gasteiger charge is -2.39. The second-order valence-electron chi connectivity index (χ2n) is 13.5. The monoisotopic (exact) mass is 594 g/mol. The Bertz CT molecular complexity index is 1650. The fourth-order valence-corrected chi connectivity index (χ4v) is 6.81. The first-order valence-corrected chi connectivity index (χ1v) is 15.6. The van der Waals surface area contributed by atoms with Crippen molar-refractivity contribution in [1.29, 1.82) is 0 Å². The van der Waals surface area contributed by atoms with Gasteiger partial charge in [-0.3, -0.25) is 10.1 Å². The zero-order valence-electron chi connectivity index (χ0n) is 26.5.